The Hall–Kier alpha value is -1.61. The van der Waals surface area contributed by atoms with Gasteiger partial charge in [-0.1, -0.05) is 18.2 Å². The van der Waals surface area contributed by atoms with E-state index in [9.17, 15) is 4.79 Å². The van der Waals surface area contributed by atoms with E-state index < -0.39 is 0 Å². The molecule has 0 atom stereocenters. The Labute approximate surface area is 101 Å². The van der Waals surface area contributed by atoms with Gasteiger partial charge in [-0.25, -0.2) is 0 Å². The van der Waals surface area contributed by atoms with Gasteiger partial charge in [0.05, 0.1) is 0 Å². The second-order valence-corrected chi connectivity index (χ2v) is 4.04. The van der Waals surface area contributed by atoms with E-state index in [1.165, 1.54) is 0 Å². The SMILES string of the molecule is COCOc1ccccc1C1=CC(=O)CCC1. The monoisotopic (exact) mass is 232 g/mol. The lowest BCUT2D eigenvalue weighted by Crippen LogP contribution is -2.05. The van der Waals surface area contributed by atoms with Gasteiger partial charge in [0.15, 0.2) is 12.6 Å². The maximum absolute atomic E-state index is 11.4. The number of methoxy groups -OCH3 is 1. The number of hydrogen-bond acceptors (Lipinski definition) is 3. The van der Waals surface area contributed by atoms with Crippen molar-refractivity contribution in [3.8, 4) is 5.75 Å². The number of benzene rings is 1. The van der Waals surface area contributed by atoms with Crippen LogP contribution in [0.25, 0.3) is 5.57 Å². The van der Waals surface area contributed by atoms with Crippen LogP contribution in [0.2, 0.25) is 0 Å². The van der Waals surface area contributed by atoms with Crippen molar-refractivity contribution < 1.29 is 14.3 Å². The van der Waals surface area contributed by atoms with E-state index in [-0.39, 0.29) is 12.6 Å². The molecule has 1 aromatic carbocycles. The van der Waals surface area contributed by atoms with Crippen LogP contribution >= 0.6 is 0 Å². The minimum absolute atomic E-state index is 0.202. The summed E-state index contributed by atoms with van der Waals surface area (Å²) in [4.78, 5) is 11.4. The summed E-state index contributed by atoms with van der Waals surface area (Å²) in [6.07, 6.45) is 4.24. The zero-order valence-electron chi connectivity index (χ0n) is 9.94. The van der Waals surface area contributed by atoms with E-state index >= 15 is 0 Å². The molecule has 1 aliphatic rings. The van der Waals surface area contributed by atoms with Crippen LogP contribution in [0.15, 0.2) is 30.3 Å². The number of ketones is 1. The van der Waals surface area contributed by atoms with Crippen molar-refractivity contribution in [2.45, 2.75) is 19.3 Å². The molecule has 1 aromatic rings. The zero-order valence-corrected chi connectivity index (χ0v) is 9.94. The smallest absolute Gasteiger partial charge is 0.188 e. The van der Waals surface area contributed by atoms with Gasteiger partial charge in [0.2, 0.25) is 0 Å². The predicted molar refractivity (Wildman–Crippen MR) is 65.8 cm³/mol. The minimum Gasteiger partial charge on any atom is -0.467 e. The molecule has 0 N–H and O–H groups in total. The zero-order chi connectivity index (χ0) is 12.1. The highest BCUT2D eigenvalue weighted by Gasteiger charge is 2.14. The van der Waals surface area contributed by atoms with Crippen molar-refractivity contribution in [2.24, 2.45) is 0 Å². The van der Waals surface area contributed by atoms with Gasteiger partial charge in [-0.15, -0.1) is 0 Å². The summed E-state index contributed by atoms with van der Waals surface area (Å²) >= 11 is 0. The second kappa shape index (κ2) is 5.64. The fourth-order valence-corrected chi connectivity index (χ4v) is 1.98. The van der Waals surface area contributed by atoms with Crippen LogP contribution in [0.1, 0.15) is 24.8 Å². The first-order valence-corrected chi connectivity index (χ1v) is 5.76. The lowest BCUT2D eigenvalue weighted by Gasteiger charge is -2.16. The number of ether oxygens (including phenoxy) is 2. The Morgan fingerprint density at radius 1 is 1.24 bits per heavy atom. The molecule has 0 radical (unpaired) electrons. The Morgan fingerprint density at radius 2 is 2.06 bits per heavy atom. The molecule has 3 nitrogen and oxygen atoms in total. The molecular weight excluding hydrogens is 216 g/mol. The highest BCUT2D eigenvalue weighted by molar-refractivity contribution is 5.98. The number of hydrogen-bond donors (Lipinski definition) is 0. The van der Waals surface area contributed by atoms with Crippen LogP contribution in [0.5, 0.6) is 5.75 Å². The summed E-state index contributed by atoms with van der Waals surface area (Å²) in [5.41, 5.74) is 2.06. The number of allylic oxidation sites excluding steroid dienone is 2. The van der Waals surface area contributed by atoms with Crippen molar-refractivity contribution in [2.75, 3.05) is 13.9 Å². The lowest BCUT2D eigenvalue weighted by atomic mass is 9.92. The Balaban J connectivity index is 2.27. The summed E-state index contributed by atoms with van der Waals surface area (Å²) in [5.74, 6) is 0.975. The van der Waals surface area contributed by atoms with E-state index in [0.29, 0.717) is 6.42 Å². The molecule has 0 saturated heterocycles. The Bertz CT molecular complexity index is 435. The largest absolute Gasteiger partial charge is 0.467 e. The van der Waals surface area contributed by atoms with E-state index in [1.54, 1.807) is 13.2 Å². The highest BCUT2D eigenvalue weighted by Crippen LogP contribution is 2.31. The van der Waals surface area contributed by atoms with Gasteiger partial charge in [-0.05, 0) is 30.6 Å². The average Bonchev–Trinajstić information content (AvgIpc) is 2.37. The number of carbonyl (C=O) groups is 1. The van der Waals surface area contributed by atoms with Gasteiger partial charge >= 0.3 is 0 Å². The molecule has 2 rings (SSSR count). The van der Waals surface area contributed by atoms with Crippen LogP contribution in [0.4, 0.5) is 0 Å². The molecule has 0 amide bonds. The third-order valence-electron chi connectivity index (χ3n) is 2.77. The van der Waals surface area contributed by atoms with Crippen LogP contribution in [-0.4, -0.2) is 19.7 Å². The molecule has 0 spiro atoms. The average molecular weight is 232 g/mol. The van der Waals surface area contributed by atoms with Crippen molar-refractivity contribution in [1.82, 2.24) is 0 Å². The van der Waals surface area contributed by atoms with Gasteiger partial charge in [0.1, 0.15) is 5.75 Å². The molecule has 90 valence electrons. The van der Waals surface area contributed by atoms with Crippen molar-refractivity contribution in [3.63, 3.8) is 0 Å². The maximum Gasteiger partial charge on any atom is 0.188 e. The Kier molecular flexibility index (Phi) is 3.94. The molecule has 0 unspecified atom stereocenters. The van der Waals surface area contributed by atoms with E-state index in [4.69, 9.17) is 9.47 Å². The van der Waals surface area contributed by atoms with Crippen LogP contribution in [-0.2, 0) is 9.53 Å². The van der Waals surface area contributed by atoms with Crippen LogP contribution in [0.3, 0.4) is 0 Å². The number of carbonyl (C=O) groups excluding carboxylic acids is 1. The van der Waals surface area contributed by atoms with Crippen molar-refractivity contribution >= 4 is 11.4 Å². The molecule has 17 heavy (non-hydrogen) atoms. The van der Waals surface area contributed by atoms with Gasteiger partial charge in [-0.3, -0.25) is 4.79 Å². The van der Waals surface area contributed by atoms with Gasteiger partial charge < -0.3 is 9.47 Å². The third-order valence-corrected chi connectivity index (χ3v) is 2.77. The number of para-hydroxylation sites is 1. The first-order chi connectivity index (χ1) is 8.31. The summed E-state index contributed by atoms with van der Waals surface area (Å²) < 4.78 is 10.4. The molecular formula is C14H16O3. The standard InChI is InChI=1S/C14H16O3/c1-16-10-17-14-8-3-2-7-13(14)11-5-4-6-12(15)9-11/h2-3,7-9H,4-6,10H2,1H3. The van der Waals surface area contributed by atoms with Crippen molar-refractivity contribution in [3.05, 3.63) is 35.9 Å². The lowest BCUT2D eigenvalue weighted by molar-refractivity contribution is -0.114. The fourth-order valence-electron chi connectivity index (χ4n) is 1.98. The molecule has 0 saturated carbocycles. The molecule has 1 aliphatic carbocycles. The fraction of sp³-hybridized carbons (Fsp3) is 0.357. The Morgan fingerprint density at radius 3 is 2.82 bits per heavy atom. The van der Waals surface area contributed by atoms with Crippen LogP contribution in [0, 0.1) is 0 Å². The predicted octanol–water partition coefficient (Wildman–Crippen LogP) is 2.81. The molecule has 3 heteroatoms. The molecule has 0 aromatic heterocycles. The summed E-state index contributed by atoms with van der Waals surface area (Å²) in [6.45, 7) is 0.220. The number of rotatable bonds is 4. The molecule has 0 heterocycles. The normalized spacial score (nSPS) is 15.6. The quantitative estimate of drug-likeness (QED) is 0.749. The van der Waals surface area contributed by atoms with E-state index in [2.05, 4.69) is 0 Å². The second-order valence-electron chi connectivity index (χ2n) is 4.04. The third kappa shape index (κ3) is 2.94. The maximum atomic E-state index is 11.4. The summed E-state index contributed by atoms with van der Waals surface area (Å²) in [5, 5.41) is 0. The minimum atomic E-state index is 0.202. The topological polar surface area (TPSA) is 35.5 Å². The summed E-state index contributed by atoms with van der Waals surface area (Å²) in [7, 11) is 1.59. The van der Waals surface area contributed by atoms with E-state index in [0.717, 1.165) is 29.7 Å². The van der Waals surface area contributed by atoms with E-state index in [1.807, 2.05) is 24.3 Å². The van der Waals surface area contributed by atoms with Gasteiger partial charge in [0, 0.05) is 19.1 Å². The first kappa shape index (κ1) is 11.9. The molecule has 0 fully saturated rings. The van der Waals surface area contributed by atoms with Gasteiger partial charge in [-0.2, -0.15) is 0 Å². The molecule has 0 bridgehead atoms. The summed E-state index contributed by atoms with van der Waals surface area (Å²) in [6, 6.07) is 7.75. The highest BCUT2D eigenvalue weighted by atomic mass is 16.7. The van der Waals surface area contributed by atoms with Gasteiger partial charge in [0.25, 0.3) is 0 Å². The van der Waals surface area contributed by atoms with Crippen LogP contribution < -0.4 is 4.74 Å². The van der Waals surface area contributed by atoms with Crippen molar-refractivity contribution in [1.29, 1.82) is 0 Å². The molecule has 0 aliphatic heterocycles. The first-order valence-electron chi connectivity index (χ1n) is 5.76.